The van der Waals surface area contributed by atoms with Gasteiger partial charge in [-0.1, -0.05) is 12.1 Å². The maximum atomic E-state index is 12.2. The summed E-state index contributed by atoms with van der Waals surface area (Å²) in [5, 5.41) is 3.17. The van der Waals surface area contributed by atoms with Crippen molar-refractivity contribution in [2.24, 2.45) is 0 Å². The number of aldehydes is 1. The number of benzene rings is 1. The number of carbonyl (C=O) groups excluding carboxylic acids is 2. The van der Waals surface area contributed by atoms with Crippen LogP contribution in [0, 0.1) is 0 Å². The van der Waals surface area contributed by atoms with E-state index in [4.69, 9.17) is 4.74 Å². The Morgan fingerprint density at radius 3 is 2.79 bits per heavy atom. The van der Waals surface area contributed by atoms with E-state index < -0.39 is 11.6 Å². The van der Waals surface area contributed by atoms with E-state index in [-0.39, 0.29) is 5.97 Å². The smallest absolute Gasteiger partial charge is 0.328 e. The third-order valence-corrected chi connectivity index (χ3v) is 3.00. The second kappa shape index (κ2) is 5.13. The molecule has 1 heterocycles. The molecule has 0 saturated heterocycles. The van der Waals surface area contributed by atoms with Gasteiger partial charge in [-0.15, -0.1) is 0 Å². The number of esters is 1. The second-order valence-electron chi connectivity index (χ2n) is 5.75. The molecule has 4 nitrogen and oxygen atoms in total. The molecule has 0 amide bonds. The van der Waals surface area contributed by atoms with Crippen LogP contribution in [-0.4, -0.2) is 24.4 Å². The van der Waals surface area contributed by atoms with E-state index in [0.29, 0.717) is 12.1 Å². The van der Waals surface area contributed by atoms with Gasteiger partial charge in [-0.3, -0.25) is 4.79 Å². The van der Waals surface area contributed by atoms with Gasteiger partial charge in [0.05, 0.1) is 0 Å². The highest BCUT2D eigenvalue weighted by atomic mass is 16.6. The van der Waals surface area contributed by atoms with Crippen LogP contribution >= 0.6 is 0 Å². The Morgan fingerprint density at radius 1 is 1.42 bits per heavy atom. The molecule has 0 bridgehead atoms. The third kappa shape index (κ3) is 3.20. The zero-order chi connectivity index (χ0) is 14.0. The van der Waals surface area contributed by atoms with E-state index in [2.05, 4.69) is 5.32 Å². The largest absolute Gasteiger partial charge is 0.459 e. The van der Waals surface area contributed by atoms with Crippen LogP contribution in [0.25, 0.3) is 0 Å². The van der Waals surface area contributed by atoms with Crippen LogP contribution in [0.3, 0.4) is 0 Å². The lowest BCUT2D eigenvalue weighted by molar-refractivity contribution is -0.157. The molecule has 1 aromatic carbocycles. The van der Waals surface area contributed by atoms with Crippen LogP contribution in [0.15, 0.2) is 18.2 Å². The van der Waals surface area contributed by atoms with Gasteiger partial charge in [0.2, 0.25) is 0 Å². The summed E-state index contributed by atoms with van der Waals surface area (Å²) in [7, 11) is 0. The van der Waals surface area contributed by atoms with Crippen molar-refractivity contribution in [2.45, 2.75) is 38.8 Å². The van der Waals surface area contributed by atoms with Crippen LogP contribution in [0.4, 0.5) is 0 Å². The van der Waals surface area contributed by atoms with Crippen molar-refractivity contribution in [3.63, 3.8) is 0 Å². The molecule has 0 aromatic heterocycles. The Morgan fingerprint density at radius 2 is 2.16 bits per heavy atom. The average molecular weight is 261 g/mol. The number of hydrogen-bond acceptors (Lipinski definition) is 4. The molecular formula is C15H19NO3. The molecule has 2 rings (SSSR count). The number of hydrogen-bond donors (Lipinski definition) is 1. The van der Waals surface area contributed by atoms with Gasteiger partial charge in [-0.25, -0.2) is 4.79 Å². The quantitative estimate of drug-likeness (QED) is 0.653. The van der Waals surface area contributed by atoms with Crippen molar-refractivity contribution in [3.05, 3.63) is 34.9 Å². The minimum atomic E-state index is -0.501. The Kier molecular flexibility index (Phi) is 3.71. The first-order valence-electron chi connectivity index (χ1n) is 6.45. The summed E-state index contributed by atoms with van der Waals surface area (Å²) in [6.45, 7) is 6.26. The average Bonchev–Trinajstić information content (AvgIpc) is 2.35. The van der Waals surface area contributed by atoms with Gasteiger partial charge in [0.1, 0.15) is 17.9 Å². The molecule has 4 heteroatoms. The van der Waals surface area contributed by atoms with Gasteiger partial charge < -0.3 is 10.1 Å². The molecule has 0 fully saturated rings. The lowest BCUT2D eigenvalue weighted by atomic mass is 9.92. The van der Waals surface area contributed by atoms with Crippen molar-refractivity contribution >= 4 is 12.3 Å². The van der Waals surface area contributed by atoms with Gasteiger partial charge >= 0.3 is 5.97 Å². The molecule has 0 spiro atoms. The van der Waals surface area contributed by atoms with Crippen molar-refractivity contribution in [1.82, 2.24) is 5.32 Å². The standard InChI is InChI=1S/C15H19NO3/c1-15(2,3)19-14(18)13-12-5-4-10(9-17)8-11(12)6-7-16-13/h4-5,8-9,13,16H,6-7H2,1-3H3. The molecule has 1 unspecified atom stereocenters. The first kappa shape index (κ1) is 13.7. The highest BCUT2D eigenvalue weighted by molar-refractivity contribution is 5.80. The molecule has 1 N–H and O–H groups in total. The number of ether oxygens (including phenoxy) is 1. The van der Waals surface area contributed by atoms with Crippen LogP contribution in [-0.2, 0) is 16.0 Å². The molecule has 1 aromatic rings. The van der Waals surface area contributed by atoms with Crippen LogP contribution in [0.1, 0.15) is 48.3 Å². The van der Waals surface area contributed by atoms with Gasteiger partial charge in [0, 0.05) is 12.1 Å². The highest BCUT2D eigenvalue weighted by Gasteiger charge is 2.30. The van der Waals surface area contributed by atoms with E-state index in [0.717, 1.165) is 23.8 Å². The summed E-state index contributed by atoms with van der Waals surface area (Å²) in [6, 6.07) is 4.97. The molecule has 19 heavy (non-hydrogen) atoms. The normalized spacial score (nSPS) is 18.6. The van der Waals surface area contributed by atoms with E-state index >= 15 is 0 Å². The van der Waals surface area contributed by atoms with Crippen molar-refractivity contribution < 1.29 is 14.3 Å². The van der Waals surface area contributed by atoms with Crippen LogP contribution < -0.4 is 5.32 Å². The molecule has 0 saturated carbocycles. The van der Waals surface area contributed by atoms with Crippen molar-refractivity contribution in [2.75, 3.05) is 6.54 Å². The van der Waals surface area contributed by atoms with E-state index in [1.807, 2.05) is 32.9 Å². The molecule has 1 aliphatic heterocycles. The first-order chi connectivity index (χ1) is 8.90. The Hall–Kier alpha value is -1.68. The van der Waals surface area contributed by atoms with Crippen LogP contribution in [0.2, 0.25) is 0 Å². The Balaban J connectivity index is 2.27. The topological polar surface area (TPSA) is 55.4 Å². The maximum absolute atomic E-state index is 12.2. The molecule has 1 atom stereocenters. The number of carbonyl (C=O) groups is 2. The Bertz CT molecular complexity index is 503. The number of fused-ring (bicyclic) bond motifs is 1. The van der Waals surface area contributed by atoms with Gasteiger partial charge in [-0.2, -0.15) is 0 Å². The minimum absolute atomic E-state index is 0.271. The third-order valence-electron chi connectivity index (χ3n) is 3.00. The van der Waals surface area contributed by atoms with Gasteiger partial charge in [0.25, 0.3) is 0 Å². The SMILES string of the molecule is CC(C)(C)OC(=O)C1NCCc2cc(C=O)ccc21. The van der Waals surface area contributed by atoms with E-state index in [1.165, 1.54) is 0 Å². The van der Waals surface area contributed by atoms with Gasteiger partial charge in [-0.05, 0) is 44.4 Å². The molecule has 0 aliphatic carbocycles. The summed E-state index contributed by atoms with van der Waals surface area (Å²) in [6.07, 6.45) is 1.64. The Labute approximate surface area is 113 Å². The second-order valence-corrected chi connectivity index (χ2v) is 5.75. The summed E-state index contributed by atoms with van der Waals surface area (Å²) in [5.41, 5.74) is 2.09. The lowest BCUT2D eigenvalue weighted by Crippen LogP contribution is -2.39. The predicted octanol–water partition coefficient (Wildman–Crippen LogP) is 2.03. The fourth-order valence-electron chi connectivity index (χ4n) is 2.23. The lowest BCUT2D eigenvalue weighted by Gasteiger charge is -2.29. The molecule has 0 radical (unpaired) electrons. The molecule has 102 valence electrons. The number of nitrogens with one attached hydrogen (secondary N) is 1. The summed E-state index contributed by atoms with van der Waals surface area (Å²) in [5.74, 6) is -0.271. The fourth-order valence-corrected chi connectivity index (χ4v) is 2.23. The fraction of sp³-hybridized carbons (Fsp3) is 0.467. The zero-order valence-electron chi connectivity index (χ0n) is 11.5. The summed E-state index contributed by atoms with van der Waals surface area (Å²) >= 11 is 0. The number of rotatable bonds is 2. The summed E-state index contributed by atoms with van der Waals surface area (Å²) < 4.78 is 5.42. The minimum Gasteiger partial charge on any atom is -0.459 e. The summed E-state index contributed by atoms with van der Waals surface area (Å²) in [4.78, 5) is 23.0. The first-order valence-corrected chi connectivity index (χ1v) is 6.45. The zero-order valence-corrected chi connectivity index (χ0v) is 11.5. The molecule has 1 aliphatic rings. The van der Waals surface area contributed by atoms with E-state index in [1.54, 1.807) is 6.07 Å². The monoisotopic (exact) mass is 261 g/mol. The highest BCUT2D eigenvalue weighted by Crippen LogP contribution is 2.26. The maximum Gasteiger partial charge on any atom is 0.328 e. The predicted molar refractivity (Wildman–Crippen MR) is 72.1 cm³/mol. The van der Waals surface area contributed by atoms with Gasteiger partial charge in [0.15, 0.2) is 0 Å². The van der Waals surface area contributed by atoms with Crippen molar-refractivity contribution in [1.29, 1.82) is 0 Å². The van der Waals surface area contributed by atoms with Crippen LogP contribution in [0.5, 0.6) is 0 Å². The van der Waals surface area contributed by atoms with Crippen molar-refractivity contribution in [3.8, 4) is 0 Å². The molecular weight excluding hydrogens is 242 g/mol. The van der Waals surface area contributed by atoms with E-state index in [9.17, 15) is 9.59 Å².